The first-order valence-electron chi connectivity index (χ1n) is 37.5. The smallest absolute Gasteiger partial charge is 0.419 e. The quantitative estimate of drug-likeness (QED) is 0.0749. The van der Waals surface area contributed by atoms with Crippen LogP contribution in [0.2, 0.25) is 0 Å². The van der Waals surface area contributed by atoms with Gasteiger partial charge in [0.15, 0.2) is 0 Å². The Morgan fingerprint density at radius 1 is 0.514 bits per heavy atom. The number of benzene rings is 2. The predicted octanol–water partition coefficient (Wildman–Crippen LogP) is 15.2. The summed E-state index contributed by atoms with van der Waals surface area (Å²) in [4.78, 5) is 55.5. The number of nitrogens with one attached hydrogen (secondary N) is 1. The number of alkyl halides is 7. The number of nitrogens with zero attached hydrogens (tertiary/aromatic N) is 4. The molecule has 6 unspecified atom stereocenters. The predicted molar refractivity (Wildman–Crippen MR) is 393 cm³/mol. The van der Waals surface area contributed by atoms with Gasteiger partial charge < -0.3 is 73.6 Å². The molecule has 12 saturated heterocycles. The molecule has 12 fully saturated rings. The van der Waals surface area contributed by atoms with Crippen molar-refractivity contribution >= 4 is 52.4 Å². The average molecular weight is 1590 g/mol. The SMILES string of the molecule is C1CCOC1.CC(C)(C)OC(=O)N1C2CCC1CC(=O)C2.CC(C)(C)OC(=O)N1[C@@H]2CC[C@H]1CC1(CO1)C2.CC1(O)C[C@H]2CC[C@@H](C1)N2.CC1(O)C[C@H]2CC[C@@H](C1)N2C(=O)OC(C)(C)C.CC1(O)C[C@H]2CC[C@@H](C1)N2CCOc1ccccc1C(F)(F)F.CO.Cl.FC(F)(F)c1ccccc1OCCBr. The van der Waals surface area contributed by atoms with E-state index < -0.39 is 51.5 Å². The molecule has 10 bridgehead atoms. The molecular weight excluding hydrogens is 1460 g/mol. The van der Waals surface area contributed by atoms with E-state index in [-0.39, 0.29) is 96.6 Å². The highest BCUT2D eigenvalue weighted by atomic mass is 79.9. The number of fused-ring (bicyclic) bond motifs is 10. The molecule has 105 heavy (non-hydrogen) atoms. The highest BCUT2D eigenvalue weighted by Crippen LogP contribution is 2.50. The lowest BCUT2D eigenvalue weighted by Crippen LogP contribution is -2.53. The van der Waals surface area contributed by atoms with Gasteiger partial charge in [-0.1, -0.05) is 40.2 Å². The van der Waals surface area contributed by atoms with E-state index in [1.807, 2.05) is 92.9 Å². The zero-order chi connectivity index (χ0) is 77.0. The van der Waals surface area contributed by atoms with Crippen LogP contribution >= 0.6 is 28.3 Å². The van der Waals surface area contributed by atoms with Crippen molar-refractivity contribution in [3.05, 3.63) is 59.7 Å². The van der Waals surface area contributed by atoms with Crippen LogP contribution in [0.15, 0.2) is 48.5 Å². The Hall–Kier alpha value is -4.45. The number of epoxide rings is 1. The van der Waals surface area contributed by atoms with E-state index in [0.717, 1.165) is 129 Å². The van der Waals surface area contributed by atoms with Gasteiger partial charge in [0.1, 0.15) is 40.7 Å². The summed E-state index contributed by atoms with van der Waals surface area (Å²) in [6.45, 7) is 26.6. The minimum absolute atomic E-state index is 0. The molecule has 12 aliphatic heterocycles. The Labute approximate surface area is 632 Å². The summed E-state index contributed by atoms with van der Waals surface area (Å²) in [5.74, 6) is 0.0445. The standard InChI is InChI=1S/C17H22F3NO2.C13H21NO3.C13H23NO3.C12H19NO3.C9H8BrF3O.C8H15NO.C4H8O.CH4O.ClH/c1-16(22)10-12-6-7-13(11-16)21(12)8-9-23-15-5-3-2-4-14(15)17(18,19)20;1-12(2,3)17-11(15)14-9-4-5-10(14)7-13(6-9)8-16-13;1-12(2,3)17-11(15)14-9-5-6-10(14)8-13(4,16)7-9;1-12(2,3)16-11(15)13-8-4-5-9(13)7-10(14)6-8;10-5-6-14-8-4-2-1-3-7(8)9(11,12)13;1-8(10)4-6-2-3-7(5-8)9-6;1-2-4-5-3-1;1-2;/h2-5,12-13,22H,6-11H2,1H3;9-10H,4-8H2,1-3H3;9-10,16H,5-8H2,1-4H3;8-9H,4-7H2,1-3H3;1-4H,5-6H2;6-7,9-10H,2-5H2,1H3;1-4H2;2H,1H3;1H/t12-,13+,16?;2*9-,10+,13?;;;6-,7+,8?;;;. The zero-order valence-electron chi connectivity index (χ0n) is 64.0. The topological polar surface area (TPSA) is 242 Å². The van der Waals surface area contributed by atoms with Crippen molar-refractivity contribution in [3.8, 4) is 11.5 Å². The lowest BCUT2D eigenvalue weighted by molar-refractivity contribution is -0.139. The molecule has 20 nitrogen and oxygen atoms in total. The molecule has 2 aromatic rings. The average Bonchev–Trinajstić information content (AvgIpc) is 1.59. The van der Waals surface area contributed by atoms with Gasteiger partial charge in [-0.05, 0) is 236 Å². The van der Waals surface area contributed by atoms with Crippen LogP contribution in [0.1, 0.15) is 235 Å². The fourth-order valence-electron chi connectivity index (χ4n) is 16.8. The maximum atomic E-state index is 12.9. The molecule has 0 saturated carbocycles. The zero-order valence-corrected chi connectivity index (χ0v) is 66.4. The van der Waals surface area contributed by atoms with Gasteiger partial charge in [-0.25, -0.2) is 14.4 Å². The minimum atomic E-state index is -4.40. The summed E-state index contributed by atoms with van der Waals surface area (Å²) >= 11 is 3.08. The van der Waals surface area contributed by atoms with E-state index in [0.29, 0.717) is 73.8 Å². The number of piperidine rings is 5. The molecule has 600 valence electrons. The van der Waals surface area contributed by atoms with Crippen molar-refractivity contribution in [2.45, 2.75) is 336 Å². The van der Waals surface area contributed by atoms with Gasteiger partial charge in [0.25, 0.3) is 0 Å². The number of hydrogen-bond acceptors (Lipinski definition) is 17. The lowest BCUT2D eigenvalue weighted by atomic mass is 9.88. The third-order valence-electron chi connectivity index (χ3n) is 20.7. The summed E-state index contributed by atoms with van der Waals surface area (Å²) in [6, 6.07) is 13.5. The highest BCUT2D eigenvalue weighted by Gasteiger charge is 2.58. The van der Waals surface area contributed by atoms with Gasteiger partial charge in [-0.3, -0.25) is 9.69 Å². The fraction of sp³-hybridized carbons (Fsp3) is 0.792. The Morgan fingerprint density at radius 2 is 0.838 bits per heavy atom. The molecule has 1 spiro atoms. The maximum absolute atomic E-state index is 12.9. The van der Waals surface area contributed by atoms with Crippen LogP contribution in [-0.2, 0) is 40.8 Å². The van der Waals surface area contributed by atoms with E-state index in [9.17, 15) is 60.8 Å². The van der Waals surface area contributed by atoms with Gasteiger partial charge >= 0.3 is 30.6 Å². The molecule has 12 aliphatic rings. The third-order valence-corrected chi connectivity index (χ3v) is 21.0. The van der Waals surface area contributed by atoms with E-state index in [1.54, 1.807) is 11.0 Å². The summed E-state index contributed by atoms with van der Waals surface area (Å²) in [7, 11) is 1.00. The van der Waals surface area contributed by atoms with Gasteiger partial charge in [-0.2, -0.15) is 26.3 Å². The molecule has 5 N–H and O–H groups in total. The second-order valence-electron chi connectivity index (χ2n) is 33.8. The first-order valence-corrected chi connectivity index (χ1v) is 38.6. The molecule has 28 heteroatoms. The van der Waals surface area contributed by atoms with Crippen molar-refractivity contribution in [2.24, 2.45) is 0 Å². The number of halogens is 8. The van der Waals surface area contributed by atoms with Crippen LogP contribution in [0.25, 0.3) is 0 Å². The number of para-hydroxylation sites is 2. The Bertz CT molecular complexity index is 2950. The van der Waals surface area contributed by atoms with E-state index in [2.05, 4.69) is 26.1 Å². The van der Waals surface area contributed by atoms with Crippen molar-refractivity contribution < 1.29 is 99.1 Å². The second kappa shape index (κ2) is 37.5. The lowest BCUT2D eigenvalue weighted by Gasteiger charge is -2.42. The fourth-order valence-corrected chi connectivity index (χ4v) is 16.9. The van der Waals surface area contributed by atoms with Gasteiger partial charge in [-0.15, -0.1) is 12.4 Å². The van der Waals surface area contributed by atoms with Crippen LogP contribution in [0.5, 0.6) is 11.5 Å². The molecule has 12 heterocycles. The Kier molecular flexibility index (Phi) is 32.0. The summed E-state index contributed by atoms with van der Waals surface area (Å²) in [5.41, 5.74) is -4.26. The first kappa shape index (κ1) is 89.4. The molecular formula is C77H121BrClF6N5O15. The van der Waals surface area contributed by atoms with Crippen molar-refractivity contribution in [3.63, 3.8) is 0 Å². The number of carbonyl (C=O) groups is 4. The van der Waals surface area contributed by atoms with Crippen molar-refractivity contribution in [2.75, 3.05) is 52.0 Å². The molecule has 0 aromatic heterocycles. The first-order chi connectivity index (χ1) is 48.4. The second-order valence-corrected chi connectivity index (χ2v) is 34.6. The molecule has 14 atom stereocenters. The number of carbonyl (C=O) groups excluding carboxylic acids is 4. The number of amides is 3. The number of aliphatic hydroxyl groups excluding tert-OH is 1. The molecule has 0 aliphatic carbocycles. The number of rotatable bonds is 7. The number of aliphatic hydroxyl groups is 4. The summed E-state index contributed by atoms with van der Waals surface area (Å²) in [5, 5.41) is 41.0. The van der Waals surface area contributed by atoms with Gasteiger partial charge in [0, 0.05) is 105 Å². The molecule has 2 aromatic carbocycles. The van der Waals surface area contributed by atoms with Crippen LogP contribution in [0, 0.1) is 0 Å². The molecule has 14 rings (SSSR count). The van der Waals surface area contributed by atoms with Crippen LogP contribution < -0.4 is 14.8 Å². The summed E-state index contributed by atoms with van der Waals surface area (Å²) < 4.78 is 113. The minimum Gasteiger partial charge on any atom is -0.492 e. The summed E-state index contributed by atoms with van der Waals surface area (Å²) in [6.07, 6.45) is 11.6. The van der Waals surface area contributed by atoms with E-state index >= 15 is 0 Å². The van der Waals surface area contributed by atoms with Crippen molar-refractivity contribution in [1.82, 2.24) is 24.9 Å². The normalized spacial score (nSPS) is 31.6. The monoisotopic (exact) mass is 1580 g/mol. The van der Waals surface area contributed by atoms with Crippen LogP contribution in [0.4, 0.5) is 40.7 Å². The Morgan fingerprint density at radius 3 is 1.18 bits per heavy atom. The Balaban J connectivity index is 0.000000196. The molecule has 3 amide bonds. The van der Waals surface area contributed by atoms with E-state index in [4.69, 9.17) is 38.3 Å². The maximum Gasteiger partial charge on any atom is 0.419 e. The highest BCUT2D eigenvalue weighted by molar-refractivity contribution is 9.09. The van der Waals surface area contributed by atoms with Gasteiger partial charge in [0.05, 0.1) is 46.7 Å². The largest absolute Gasteiger partial charge is 0.492 e. The third kappa shape index (κ3) is 27.5. The van der Waals surface area contributed by atoms with Gasteiger partial charge in [0.2, 0.25) is 0 Å². The number of ether oxygens (including phenoxy) is 7. The van der Waals surface area contributed by atoms with Crippen LogP contribution in [-0.4, -0.2) is 216 Å². The molecule has 0 radical (unpaired) electrons. The number of Topliss-reactive ketones (excluding diaryl/α,β-unsaturated/α-hetero) is 1. The van der Waals surface area contributed by atoms with Crippen molar-refractivity contribution in [1.29, 1.82) is 0 Å². The number of ketones is 1. The number of hydrogen-bond donors (Lipinski definition) is 5. The van der Waals surface area contributed by atoms with Crippen LogP contribution in [0.3, 0.4) is 0 Å². The van der Waals surface area contributed by atoms with E-state index in [1.165, 1.54) is 56.0 Å².